The maximum Gasteiger partial charge on any atom is 0.163 e. The van der Waals surface area contributed by atoms with Crippen LogP contribution in [0.1, 0.15) is 69.8 Å². The van der Waals surface area contributed by atoms with Crippen LogP contribution in [0, 0.1) is 0 Å². The second-order valence-electron chi connectivity index (χ2n) is 7.65. The number of halogens is 1. The van der Waals surface area contributed by atoms with Gasteiger partial charge in [0, 0.05) is 47.4 Å². The molecule has 0 aromatic heterocycles. The number of ketones is 2. The summed E-state index contributed by atoms with van der Waals surface area (Å²) in [6, 6.07) is 5.49. The summed E-state index contributed by atoms with van der Waals surface area (Å²) in [7, 11) is 0. The molecule has 0 radical (unpaired) electrons. The van der Waals surface area contributed by atoms with E-state index in [0.717, 1.165) is 55.6 Å². The van der Waals surface area contributed by atoms with Crippen molar-refractivity contribution in [1.82, 2.24) is 0 Å². The molecule has 0 unspecified atom stereocenters. The zero-order chi connectivity index (χ0) is 19.7. The Morgan fingerprint density at radius 3 is 2.29 bits per heavy atom. The van der Waals surface area contributed by atoms with Gasteiger partial charge in [0.2, 0.25) is 0 Å². The smallest absolute Gasteiger partial charge is 0.163 e. The van der Waals surface area contributed by atoms with E-state index < -0.39 is 5.92 Å². The van der Waals surface area contributed by atoms with Gasteiger partial charge in [0.25, 0.3) is 0 Å². The summed E-state index contributed by atoms with van der Waals surface area (Å²) < 4.78 is 12.1. The molecule has 4 nitrogen and oxygen atoms in total. The molecule has 0 spiro atoms. The predicted octanol–water partition coefficient (Wildman–Crippen LogP) is 5.65. The van der Waals surface area contributed by atoms with Crippen LogP contribution in [0.4, 0.5) is 0 Å². The van der Waals surface area contributed by atoms with Crippen molar-refractivity contribution >= 4 is 23.2 Å². The van der Waals surface area contributed by atoms with E-state index in [-0.39, 0.29) is 11.6 Å². The van der Waals surface area contributed by atoms with Crippen LogP contribution in [0.2, 0.25) is 5.02 Å². The fraction of sp³-hybridized carbons (Fsp3) is 0.478. The highest BCUT2D eigenvalue weighted by Crippen LogP contribution is 2.50. The molecule has 1 aliphatic heterocycles. The van der Waals surface area contributed by atoms with Gasteiger partial charge in [-0.05, 0) is 37.5 Å². The summed E-state index contributed by atoms with van der Waals surface area (Å²) in [6.45, 7) is 2.70. The lowest BCUT2D eigenvalue weighted by Gasteiger charge is -2.36. The number of ether oxygens (including phenoxy) is 2. The predicted molar refractivity (Wildman–Crippen MR) is 107 cm³/mol. The zero-order valence-electron chi connectivity index (χ0n) is 16.2. The van der Waals surface area contributed by atoms with Gasteiger partial charge >= 0.3 is 0 Å². The first kappa shape index (κ1) is 19.3. The van der Waals surface area contributed by atoms with E-state index in [2.05, 4.69) is 6.92 Å². The van der Waals surface area contributed by atoms with Crippen molar-refractivity contribution in [3.63, 3.8) is 0 Å². The maximum atomic E-state index is 12.9. The van der Waals surface area contributed by atoms with Gasteiger partial charge in [0.1, 0.15) is 17.3 Å². The average Bonchev–Trinajstić information content (AvgIpc) is 2.68. The second kappa shape index (κ2) is 8.12. The molecule has 0 bridgehead atoms. The minimum absolute atomic E-state index is 0.0654. The molecule has 148 valence electrons. The Bertz CT molecular complexity index is 839. The number of allylic oxidation sites excluding steroid dienone is 4. The van der Waals surface area contributed by atoms with Crippen molar-refractivity contribution in [2.75, 3.05) is 6.61 Å². The molecule has 5 heteroatoms. The molecule has 0 N–H and O–H groups in total. The number of hydrogen-bond acceptors (Lipinski definition) is 4. The highest BCUT2D eigenvalue weighted by Gasteiger charge is 2.42. The Hall–Kier alpha value is -2.07. The van der Waals surface area contributed by atoms with Gasteiger partial charge in [-0.3, -0.25) is 9.59 Å². The lowest BCUT2D eigenvalue weighted by atomic mass is 9.73. The molecule has 0 amide bonds. The summed E-state index contributed by atoms with van der Waals surface area (Å²) in [4.78, 5) is 25.8. The summed E-state index contributed by atoms with van der Waals surface area (Å²) in [5, 5.41) is 0.570. The van der Waals surface area contributed by atoms with Crippen molar-refractivity contribution in [2.24, 2.45) is 0 Å². The van der Waals surface area contributed by atoms with Crippen molar-refractivity contribution in [1.29, 1.82) is 0 Å². The van der Waals surface area contributed by atoms with Gasteiger partial charge in [-0.15, -0.1) is 0 Å². The highest BCUT2D eigenvalue weighted by molar-refractivity contribution is 6.30. The van der Waals surface area contributed by atoms with Gasteiger partial charge in [0.15, 0.2) is 11.6 Å². The molecule has 3 aliphatic rings. The SMILES string of the molecule is CCCCOc1ccc(Cl)cc1C1C2=C(CCCC2=O)OC2=C1C(=O)CCC2. The third kappa shape index (κ3) is 3.50. The minimum atomic E-state index is -0.435. The molecule has 1 heterocycles. The quantitative estimate of drug-likeness (QED) is 0.599. The van der Waals surface area contributed by atoms with Crippen LogP contribution in [-0.2, 0) is 14.3 Å². The standard InChI is InChI=1S/C23H25ClO4/c1-2-3-12-27-18-11-10-14(24)13-15(18)21-22-16(25)6-4-8-19(22)28-20-9-5-7-17(26)23(20)21/h10-11,13,21H,2-9,12H2,1H3. The zero-order valence-corrected chi connectivity index (χ0v) is 16.9. The fourth-order valence-electron chi connectivity index (χ4n) is 4.33. The Labute approximate surface area is 170 Å². The highest BCUT2D eigenvalue weighted by atomic mass is 35.5. The third-order valence-electron chi connectivity index (χ3n) is 5.68. The van der Waals surface area contributed by atoms with E-state index in [9.17, 15) is 9.59 Å². The normalized spacial score (nSPS) is 20.1. The molecular formula is C23H25ClO4. The van der Waals surface area contributed by atoms with Crippen LogP contribution in [0.3, 0.4) is 0 Å². The Morgan fingerprint density at radius 2 is 1.68 bits per heavy atom. The fourth-order valence-corrected chi connectivity index (χ4v) is 4.51. The summed E-state index contributed by atoms with van der Waals surface area (Å²) in [6.07, 6.45) is 5.98. The number of carbonyl (C=O) groups is 2. The number of unbranched alkanes of at least 4 members (excludes halogenated alkanes) is 1. The van der Waals surface area contributed by atoms with E-state index in [4.69, 9.17) is 21.1 Å². The number of hydrogen-bond donors (Lipinski definition) is 0. The number of rotatable bonds is 5. The largest absolute Gasteiger partial charge is 0.493 e. The molecule has 0 atom stereocenters. The van der Waals surface area contributed by atoms with E-state index in [1.807, 2.05) is 12.1 Å². The van der Waals surface area contributed by atoms with Crippen molar-refractivity contribution in [3.05, 3.63) is 51.4 Å². The van der Waals surface area contributed by atoms with Crippen LogP contribution in [0.15, 0.2) is 40.9 Å². The molecule has 1 aromatic rings. The molecule has 0 saturated carbocycles. The molecule has 28 heavy (non-hydrogen) atoms. The Kier molecular flexibility index (Phi) is 5.58. The Morgan fingerprint density at radius 1 is 1.04 bits per heavy atom. The number of benzene rings is 1. The lowest BCUT2D eigenvalue weighted by molar-refractivity contribution is -0.117. The van der Waals surface area contributed by atoms with Crippen LogP contribution in [0.25, 0.3) is 0 Å². The molecule has 1 aromatic carbocycles. The van der Waals surface area contributed by atoms with Gasteiger partial charge in [0.05, 0.1) is 12.5 Å². The van der Waals surface area contributed by atoms with E-state index in [0.29, 0.717) is 41.4 Å². The van der Waals surface area contributed by atoms with Crippen LogP contribution < -0.4 is 4.74 Å². The van der Waals surface area contributed by atoms with E-state index >= 15 is 0 Å². The lowest BCUT2D eigenvalue weighted by Crippen LogP contribution is -2.30. The summed E-state index contributed by atoms with van der Waals surface area (Å²) in [5.41, 5.74) is 2.06. The topological polar surface area (TPSA) is 52.6 Å². The van der Waals surface area contributed by atoms with Gasteiger partial charge in [-0.25, -0.2) is 0 Å². The molecule has 4 rings (SSSR count). The molecule has 0 saturated heterocycles. The van der Waals surface area contributed by atoms with Gasteiger partial charge in [-0.1, -0.05) is 24.9 Å². The second-order valence-corrected chi connectivity index (χ2v) is 8.08. The average molecular weight is 401 g/mol. The van der Waals surface area contributed by atoms with E-state index in [1.165, 1.54) is 0 Å². The van der Waals surface area contributed by atoms with E-state index in [1.54, 1.807) is 6.07 Å². The van der Waals surface area contributed by atoms with Gasteiger partial charge in [-0.2, -0.15) is 0 Å². The number of Topliss-reactive ketones (excluding diaryl/α,β-unsaturated/α-hetero) is 2. The van der Waals surface area contributed by atoms with Crippen LogP contribution >= 0.6 is 11.6 Å². The van der Waals surface area contributed by atoms with Crippen molar-refractivity contribution in [2.45, 2.75) is 64.2 Å². The van der Waals surface area contributed by atoms with Crippen molar-refractivity contribution in [3.8, 4) is 5.75 Å². The minimum Gasteiger partial charge on any atom is -0.493 e. The van der Waals surface area contributed by atoms with Crippen LogP contribution in [-0.4, -0.2) is 18.2 Å². The summed E-state index contributed by atoms with van der Waals surface area (Å²) >= 11 is 6.33. The first-order chi connectivity index (χ1) is 13.6. The monoisotopic (exact) mass is 400 g/mol. The molecule has 2 aliphatic carbocycles. The number of carbonyl (C=O) groups excluding carboxylic acids is 2. The Balaban J connectivity index is 1.86. The molecule has 0 fully saturated rings. The maximum absolute atomic E-state index is 12.9. The third-order valence-corrected chi connectivity index (χ3v) is 5.91. The van der Waals surface area contributed by atoms with Gasteiger partial charge < -0.3 is 9.47 Å². The first-order valence-electron chi connectivity index (χ1n) is 10.2. The summed E-state index contributed by atoms with van der Waals surface area (Å²) in [5.74, 6) is 1.85. The molecular weight excluding hydrogens is 376 g/mol. The van der Waals surface area contributed by atoms with Crippen LogP contribution in [0.5, 0.6) is 5.75 Å². The van der Waals surface area contributed by atoms with Crippen molar-refractivity contribution < 1.29 is 19.1 Å². The first-order valence-corrected chi connectivity index (χ1v) is 10.6.